The fourth-order valence-corrected chi connectivity index (χ4v) is 3.63. The summed E-state index contributed by atoms with van der Waals surface area (Å²) in [6.07, 6.45) is 0. The largest absolute Gasteiger partial charge is 0.497 e. The van der Waals surface area contributed by atoms with E-state index in [0.29, 0.717) is 12.3 Å². The molecule has 1 aromatic carbocycles. The van der Waals surface area contributed by atoms with Crippen molar-refractivity contribution in [1.29, 1.82) is 0 Å². The molecule has 114 valence electrons. The van der Waals surface area contributed by atoms with Crippen LogP contribution in [0.1, 0.15) is 20.8 Å². The van der Waals surface area contributed by atoms with Crippen molar-refractivity contribution in [3.8, 4) is 5.75 Å². The fourth-order valence-electron chi connectivity index (χ4n) is 1.85. The third-order valence-electron chi connectivity index (χ3n) is 2.97. The van der Waals surface area contributed by atoms with E-state index >= 15 is 0 Å². The van der Waals surface area contributed by atoms with Crippen LogP contribution < -0.4 is 4.74 Å². The minimum atomic E-state index is -3.61. The maximum Gasteiger partial charge on any atom is 0.243 e. The van der Waals surface area contributed by atoms with E-state index in [0.717, 1.165) is 0 Å². The van der Waals surface area contributed by atoms with Crippen molar-refractivity contribution in [3.63, 3.8) is 0 Å². The van der Waals surface area contributed by atoms with Crippen molar-refractivity contribution in [2.24, 2.45) is 5.92 Å². The van der Waals surface area contributed by atoms with E-state index in [1.807, 2.05) is 13.8 Å². The summed E-state index contributed by atoms with van der Waals surface area (Å²) in [4.78, 5) is 0.208. The van der Waals surface area contributed by atoms with Gasteiger partial charge in [-0.05, 0) is 37.1 Å². The number of hydrogen-bond donors (Lipinski definition) is 1. The molecule has 0 saturated carbocycles. The molecular formula is C14H23NO4S. The third kappa shape index (κ3) is 3.94. The molecule has 0 radical (unpaired) electrons. The molecule has 0 unspecified atom stereocenters. The summed E-state index contributed by atoms with van der Waals surface area (Å²) in [6, 6.07) is 5.81. The van der Waals surface area contributed by atoms with Crippen LogP contribution in [0, 0.1) is 5.92 Å². The van der Waals surface area contributed by atoms with Gasteiger partial charge in [0.05, 0.1) is 18.6 Å². The van der Waals surface area contributed by atoms with Crippen LogP contribution >= 0.6 is 0 Å². The number of hydrogen-bond acceptors (Lipinski definition) is 4. The van der Waals surface area contributed by atoms with Crippen molar-refractivity contribution in [2.75, 3.05) is 20.3 Å². The molecular weight excluding hydrogens is 278 g/mol. The summed E-state index contributed by atoms with van der Waals surface area (Å²) in [5.41, 5.74) is 0. The van der Waals surface area contributed by atoms with E-state index in [1.54, 1.807) is 19.1 Å². The first kappa shape index (κ1) is 16.9. The highest BCUT2D eigenvalue weighted by molar-refractivity contribution is 7.89. The number of benzene rings is 1. The Balaban J connectivity index is 3.14. The van der Waals surface area contributed by atoms with Gasteiger partial charge < -0.3 is 9.84 Å². The van der Waals surface area contributed by atoms with E-state index in [9.17, 15) is 13.5 Å². The van der Waals surface area contributed by atoms with Gasteiger partial charge in [0.1, 0.15) is 5.75 Å². The first-order valence-electron chi connectivity index (χ1n) is 6.59. The molecule has 0 bridgehead atoms. The van der Waals surface area contributed by atoms with E-state index in [4.69, 9.17) is 4.74 Å². The molecule has 0 aliphatic carbocycles. The Kier molecular flexibility index (Phi) is 5.98. The third-order valence-corrected chi connectivity index (χ3v) is 4.96. The molecule has 0 fully saturated rings. The van der Waals surface area contributed by atoms with E-state index in [2.05, 4.69) is 0 Å². The molecule has 5 nitrogen and oxygen atoms in total. The molecule has 1 rings (SSSR count). The topological polar surface area (TPSA) is 66.8 Å². The molecule has 0 spiro atoms. The normalized spacial score (nSPS) is 13.8. The number of sulfonamides is 1. The maximum atomic E-state index is 12.6. The molecule has 0 amide bonds. The van der Waals surface area contributed by atoms with Gasteiger partial charge in [0.2, 0.25) is 10.0 Å². The standard InChI is InChI=1S/C14H23NO4S/c1-11(2)9-15(12(3)10-16)20(17,18)14-7-5-13(19-4)6-8-14/h5-8,11-12,16H,9-10H2,1-4H3/t12-/m1/s1. The molecule has 0 aliphatic heterocycles. The zero-order chi connectivity index (χ0) is 15.3. The minimum Gasteiger partial charge on any atom is -0.497 e. The molecule has 1 N–H and O–H groups in total. The Labute approximate surface area is 121 Å². The fraction of sp³-hybridized carbons (Fsp3) is 0.571. The van der Waals surface area contributed by atoms with Gasteiger partial charge in [-0.1, -0.05) is 13.8 Å². The Morgan fingerprint density at radius 3 is 2.15 bits per heavy atom. The lowest BCUT2D eigenvalue weighted by Crippen LogP contribution is -2.42. The first-order valence-corrected chi connectivity index (χ1v) is 8.03. The van der Waals surface area contributed by atoms with Gasteiger partial charge in [0, 0.05) is 12.6 Å². The summed E-state index contributed by atoms with van der Waals surface area (Å²) in [5, 5.41) is 9.28. The van der Waals surface area contributed by atoms with E-state index < -0.39 is 16.1 Å². The van der Waals surface area contributed by atoms with Crippen LogP contribution in [0.15, 0.2) is 29.2 Å². The van der Waals surface area contributed by atoms with Crippen molar-refractivity contribution in [1.82, 2.24) is 4.31 Å². The van der Waals surface area contributed by atoms with Crippen LogP contribution in [0.5, 0.6) is 5.75 Å². The van der Waals surface area contributed by atoms with Gasteiger partial charge in [-0.25, -0.2) is 8.42 Å². The highest BCUT2D eigenvalue weighted by Gasteiger charge is 2.29. The predicted octanol–water partition coefficient (Wildman–Crippen LogP) is 1.72. The molecule has 0 aromatic heterocycles. The van der Waals surface area contributed by atoms with Gasteiger partial charge in [0.15, 0.2) is 0 Å². The Hall–Kier alpha value is -1.11. The highest BCUT2D eigenvalue weighted by atomic mass is 32.2. The molecule has 0 saturated heterocycles. The van der Waals surface area contributed by atoms with Crippen molar-refractivity contribution in [3.05, 3.63) is 24.3 Å². The number of methoxy groups -OCH3 is 1. The SMILES string of the molecule is COc1ccc(S(=O)(=O)N(CC(C)C)[C@H](C)CO)cc1. The summed E-state index contributed by atoms with van der Waals surface area (Å²) in [6.45, 7) is 5.75. The number of rotatable bonds is 7. The summed E-state index contributed by atoms with van der Waals surface area (Å²) < 4.78 is 31.7. The van der Waals surface area contributed by atoms with Crippen LogP contribution in [0.3, 0.4) is 0 Å². The van der Waals surface area contributed by atoms with Crippen LogP contribution in [0.25, 0.3) is 0 Å². The monoisotopic (exact) mass is 301 g/mol. The molecule has 1 atom stereocenters. The van der Waals surface area contributed by atoms with Crippen molar-refractivity contribution in [2.45, 2.75) is 31.7 Å². The second-order valence-electron chi connectivity index (χ2n) is 5.18. The zero-order valence-corrected chi connectivity index (χ0v) is 13.2. The average Bonchev–Trinajstić information content (AvgIpc) is 2.43. The van der Waals surface area contributed by atoms with Crippen LogP contribution in [-0.2, 0) is 10.0 Å². The average molecular weight is 301 g/mol. The van der Waals surface area contributed by atoms with Gasteiger partial charge in [0.25, 0.3) is 0 Å². The first-order chi connectivity index (χ1) is 9.32. The highest BCUT2D eigenvalue weighted by Crippen LogP contribution is 2.22. The van der Waals surface area contributed by atoms with Crippen LogP contribution in [0.2, 0.25) is 0 Å². The quantitative estimate of drug-likeness (QED) is 0.833. The maximum absolute atomic E-state index is 12.6. The van der Waals surface area contributed by atoms with Gasteiger partial charge >= 0.3 is 0 Å². The Morgan fingerprint density at radius 1 is 1.20 bits per heavy atom. The zero-order valence-electron chi connectivity index (χ0n) is 12.4. The van der Waals surface area contributed by atoms with Gasteiger partial charge in [-0.15, -0.1) is 0 Å². The number of nitrogens with zero attached hydrogens (tertiary/aromatic N) is 1. The van der Waals surface area contributed by atoms with Crippen LogP contribution in [0.4, 0.5) is 0 Å². The van der Waals surface area contributed by atoms with Gasteiger partial charge in [-0.3, -0.25) is 0 Å². The molecule has 1 aromatic rings. The number of aliphatic hydroxyl groups excluding tert-OH is 1. The van der Waals surface area contributed by atoms with Crippen LogP contribution in [-0.4, -0.2) is 44.1 Å². The Bertz CT molecular complexity index is 510. The molecule has 0 aliphatic rings. The number of aliphatic hydroxyl groups is 1. The van der Waals surface area contributed by atoms with Crippen molar-refractivity contribution >= 4 is 10.0 Å². The predicted molar refractivity (Wildman–Crippen MR) is 78.3 cm³/mol. The lowest BCUT2D eigenvalue weighted by atomic mass is 10.2. The minimum absolute atomic E-state index is 0.178. The van der Waals surface area contributed by atoms with Gasteiger partial charge in [-0.2, -0.15) is 4.31 Å². The second-order valence-corrected chi connectivity index (χ2v) is 7.07. The molecule has 6 heteroatoms. The lowest BCUT2D eigenvalue weighted by molar-refractivity contribution is 0.189. The van der Waals surface area contributed by atoms with E-state index in [1.165, 1.54) is 23.5 Å². The lowest BCUT2D eigenvalue weighted by Gasteiger charge is -2.28. The van der Waals surface area contributed by atoms with E-state index in [-0.39, 0.29) is 17.4 Å². The summed E-state index contributed by atoms with van der Waals surface area (Å²) in [7, 11) is -2.08. The summed E-state index contributed by atoms with van der Waals surface area (Å²) >= 11 is 0. The smallest absolute Gasteiger partial charge is 0.243 e. The molecule has 0 heterocycles. The molecule has 20 heavy (non-hydrogen) atoms. The second kappa shape index (κ2) is 7.06. The summed E-state index contributed by atoms with van der Waals surface area (Å²) in [5.74, 6) is 0.784. The Morgan fingerprint density at radius 2 is 1.75 bits per heavy atom. The van der Waals surface area contributed by atoms with Crippen molar-refractivity contribution < 1.29 is 18.3 Å². The number of ether oxygens (including phenoxy) is 1.